The first-order valence-corrected chi connectivity index (χ1v) is 11.6. The first kappa shape index (κ1) is 22.2. The standard InChI is InChI=1S/C25H27N3O3S/c1-27(2)21(22-11-7-15-31-22)16-26-25(30)19-9-4-6-12-23(19)32-17-24(29)28-14-13-18-8-3-5-10-20(18)28/h3-12,15,21H,13-14,16-17H2,1-2H3,(H,26,30). The third-order valence-electron chi connectivity index (χ3n) is 5.62. The highest BCUT2D eigenvalue weighted by molar-refractivity contribution is 8.00. The Morgan fingerprint density at radius 3 is 2.66 bits per heavy atom. The summed E-state index contributed by atoms with van der Waals surface area (Å²) in [5.74, 6) is 0.978. The van der Waals surface area contributed by atoms with Crippen molar-refractivity contribution in [3.05, 3.63) is 83.8 Å². The summed E-state index contributed by atoms with van der Waals surface area (Å²) in [5.41, 5.74) is 2.78. The van der Waals surface area contributed by atoms with Crippen molar-refractivity contribution in [3.8, 4) is 0 Å². The van der Waals surface area contributed by atoms with Gasteiger partial charge in [0.1, 0.15) is 5.76 Å². The minimum Gasteiger partial charge on any atom is -0.468 e. The number of anilines is 1. The van der Waals surface area contributed by atoms with Gasteiger partial charge in [0, 0.05) is 23.7 Å². The summed E-state index contributed by atoms with van der Waals surface area (Å²) >= 11 is 1.40. The van der Waals surface area contributed by atoms with Crippen molar-refractivity contribution < 1.29 is 14.0 Å². The Labute approximate surface area is 192 Å². The predicted molar refractivity (Wildman–Crippen MR) is 127 cm³/mol. The molecule has 0 spiro atoms. The van der Waals surface area contributed by atoms with Crippen LogP contribution in [0.4, 0.5) is 5.69 Å². The average Bonchev–Trinajstić information content (AvgIpc) is 3.48. The molecular weight excluding hydrogens is 422 g/mol. The summed E-state index contributed by atoms with van der Waals surface area (Å²) in [6, 6.07) is 19.1. The number of thioether (sulfide) groups is 1. The second-order valence-electron chi connectivity index (χ2n) is 7.91. The van der Waals surface area contributed by atoms with Crippen LogP contribution in [0.1, 0.15) is 27.7 Å². The summed E-state index contributed by atoms with van der Waals surface area (Å²) in [5, 5.41) is 3.02. The molecule has 2 heterocycles. The van der Waals surface area contributed by atoms with E-state index in [4.69, 9.17) is 4.42 Å². The molecule has 32 heavy (non-hydrogen) atoms. The maximum Gasteiger partial charge on any atom is 0.252 e. The lowest BCUT2D eigenvalue weighted by Gasteiger charge is -2.23. The summed E-state index contributed by atoms with van der Waals surface area (Å²) in [7, 11) is 3.90. The topological polar surface area (TPSA) is 65.8 Å². The van der Waals surface area contributed by atoms with Crippen LogP contribution in [0.2, 0.25) is 0 Å². The number of likely N-dealkylation sites (N-methyl/N-ethyl adjacent to an activating group) is 1. The summed E-state index contributed by atoms with van der Waals surface area (Å²) in [6.45, 7) is 1.13. The molecule has 0 radical (unpaired) electrons. The second kappa shape index (κ2) is 10.1. The molecule has 166 valence electrons. The highest BCUT2D eigenvalue weighted by Gasteiger charge is 2.25. The van der Waals surface area contributed by atoms with Gasteiger partial charge in [0.15, 0.2) is 0 Å². The maximum absolute atomic E-state index is 13.0. The van der Waals surface area contributed by atoms with E-state index >= 15 is 0 Å². The molecular formula is C25H27N3O3S. The van der Waals surface area contributed by atoms with Crippen LogP contribution in [0.15, 0.2) is 76.2 Å². The van der Waals surface area contributed by atoms with E-state index in [1.807, 2.05) is 72.4 Å². The molecule has 0 saturated carbocycles. The van der Waals surface area contributed by atoms with E-state index in [1.54, 1.807) is 12.3 Å². The van der Waals surface area contributed by atoms with Crippen molar-refractivity contribution in [1.82, 2.24) is 10.2 Å². The molecule has 1 aliphatic rings. The lowest BCUT2D eigenvalue weighted by molar-refractivity contribution is -0.116. The van der Waals surface area contributed by atoms with Crippen LogP contribution in [0.3, 0.4) is 0 Å². The van der Waals surface area contributed by atoms with Crippen LogP contribution in [-0.2, 0) is 11.2 Å². The third-order valence-corrected chi connectivity index (χ3v) is 6.68. The molecule has 0 bridgehead atoms. The molecule has 0 fully saturated rings. The Bertz CT molecular complexity index is 1080. The highest BCUT2D eigenvalue weighted by atomic mass is 32.2. The molecule has 1 aromatic heterocycles. The van der Waals surface area contributed by atoms with E-state index in [0.717, 1.165) is 22.8 Å². The third kappa shape index (κ3) is 4.89. The number of nitrogens with zero attached hydrogens (tertiary/aromatic N) is 2. The van der Waals surface area contributed by atoms with Gasteiger partial charge in [-0.05, 0) is 56.4 Å². The predicted octanol–water partition coefficient (Wildman–Crippen LogP) is 3.99. The smallest absolute Gasteiger partial charge is 0.252 e. The van der Waals surface area contributed by atoms with Crippen LogP contribution in [-0.4, -0.2) is 49.7 Å². The zero-order chi connectivity index (χ0) is 22.5. The number of furan rings is 1. The van der Waals surface area contributed by atoms with Crippen molar-refractivity contribution in [3.63, 3.8) is 0 Å². The summed E-state index contributed by atoms with van der Waals surface area (Å²) in [4.78, 5) is 30.5. The van der Waals surface area contributed by atoms with Gasteiger partial charge >= 0.3 is 0 Å². The van der Waals surface area contributed by atoms with E-state index in [9.17, 15) is 9.59 Å². The zero-order valence-corrected chi connectivity index (χ0v) is 19.1. The molecule has 0 aliphatic carbocycles. The zero-order valence-electron chi connectivity index (χ0n) is 18.3. The fourth-order valence-electron chi connectivity index (χ4n) is 3.90. The molecule has 2 amide bonds. The van der Waals surface area contributed by atoms with Crippen molar-refractivity contribution in [2.24, 2.45) is 0 Å². The average molecular weight is 450 g/mol. The van der Waals surface area contributed by atoms with Crippen LogP contribution in [0, 0.1) is 0 Å². The van der Waals surface area contributed by atoms with Crippen LogP contribution >= 0.6 is 11.8 Å². The number of benzene rings is 2. The Hall–Kier alpha value is -3.03. The number of para-hydroxylation sites is 1. The normalized spacial score (nSPS) is 13.8. The van der Waals surface area contributed by atoms with Gasteiger partial charge in [0.25, 0.3) is 5.91 Å². The Kier molecular flexibility index (Phi) is 6.97. The molecule has 1 aliphatic heterocycles. The van der Waals surface area contributed by atoms with E-state index in [1.165, 1.54) is 17.3 Å². The molecule has 1 atom stereocenters. The van der Waals surface area contributed by atoms with E-state index < -0.39 is 0 Å². The van der Waals surface area contributed by atoms with Gasteiger partial charge in [-0.3, -0.25) is 14.5 Å². The minimum atomic E-state index is -0.162. The number of fused-ring (bicyclic) bond motifs is 1. The Balaban J connectivity index is 1.39. The Morgan fingerprint density at radius 2 is 1.88 bits per heavy atom. The number of carbonyl (C=O) groups is 2. The molecule has 7 heteroatoms. The van der Waals surface area contributed by atoms with E-state index in [2.05, 4.69) is 11.4 Å². The Morgan fingerprint density at radius 1 is 1.09 bits per heavy atom. The van der Waals surface area contributed by atoms with Crippen molar-refractivity contribution >= 4 is 29.3 Å². The molecule has 2 aromatic carbocycles. The second-order valence-corrected chi connectivity index (χ2v) is 8.93. The minimum absolute atomic E-state index is 0.0562. The first-order chi connectivity index (χ1) is 15.5. The van der Waals surface area contributed by atoms with Crippen LogP contribution < -0.4 is 10.2 Å². The maximum atomic E-state index is 13.0. The highest BCUT2D eigenvalue weighted by Crippen LogP contribution is 2.30. The van der Waals surface area contributed by atoms with Crippen molar-refractivity contribution in [2.45, 2.75) is 17.4 Å². The number of nitrogens with one attached hydrogen (secondary N) is 1. The van der Waals surface area contributed by atoms with Crippen LogP contribution in [0.5, 0.6) is 0 Å². The van der Waals surface area contributed by atoms with Crippen LogP contribution in [0.25, 0.3) is 0 Å². The van der Waals surface area contributed by atoms with E-state index in [0.29, 0.717) is 18.7 Å². The lowest BCUT2D eigenvalue weighted by Crippen LogP contribution is -2.34. The van der Waals surface area contributed by atoms with Gasteiger partial charge in [0.05, 0.1) is 23.6 Å². The van der Waals surface area contributed by atoms with Gasteiger partial charge in [0.2, 0.25) is 5.91 Å². The molecule has 3 aromatic rings. The fraction of sp³-hybridized carbons (Fsp3) is 0.280. The fourth-order valence-corrected chi connectivity index (χ4v) is 4.82. The SMILES string of the molecule is CN(C)C(CNC(=O)c1ccccc1SCC(=O)N1CCc2ccccc21)c1ccco1. The van der Waals surface area contributed by atoms with Gasteiger partial charge < -0.3 is 14.6 Å². The monoisotopic (exact) mass is 449 g/mol. The number of carbonyl (C=O) groups excluding carboxylic acids is 2. The number of amides is 2. The molecule has 6 nitrogen and oxygen atoms in total. The van der Waals surface area contributed by atoms with Crippen molar-refractivity contribution in [2.75, 3.05) is 37.8 Å². The number of hydrogen-bond acceptors (Lipinski definition) is 5. The summed E-state index contributed by atoms with van der Waals surface area (Å²) in [6.07, 6.45) is 2.52. The first-order valence-electron chi connectivity index (χ1n) is 10.6. The lowest BCUT2D eigenvalue weighted by atomic mass is 10.1. The molecule has 1 N–H and O–H groups in total. The van der Waals surface area contributed by atoms with Gasteiger partial charge in [-0.15, -0.1) is 11.8 Å². The summed E-state index contributed by atoms with van der Waals surface area (Å²) < 4.78 is 5.52. The molecule has 1 unspecified atom stereocenters. The number of hydrogen-bond donors (Lipinski definition) is 1. The molecule has 0 saturated heterocycles. The number of rotatable bonds is 8. The van der Waals surface area contributed by atoms with Gasteiger partial charge in [-0.2, -0.15) is 0 Å². The van der Waals surface area contributed by atoms with E-state index in [-0.39, 0.29) is 23.6 Å². The molecule has 4 rings (SSSR count). The van der Waals surface area contributed by atoms with Gasteiger partial charge in [-0.25, -0.2) is 0 Å². The largest absolute Gasteiger partial charge is 0.468 e. The van der Waals surface area contributed by atoms with Gasteiger partial charge in [-0.1, -0.05) is 30.3 Å². The quantitative estimate of drug-likeness (QED) is 0.527. The van der Waals surface area contributed by atoms with Crippen molar-refractivity contribution in [1.29, 1.82) is 0 Å².